The molecule has 6 heteroatoms. The average Bonchev–Trinajstić information content (AvgIpc) is 2.85. The smallest absolute Gasteiger partial charge is 0.421 e. The number of nitrogens with zero attached hydrogens (tertiary/aromatic N) is 1. The van der Waals surface area contributed by atoms with Crippen molar-refractivity contribution in [3.8, 4) is 5.88 Å². The van der Waals surface area contributed by atoms with E-state index in [0.717, 1.165) is 25.3 Å². The molecule has 2 unspecified atom stereocenters. The molecule has 1 heterocycles. The van der Waals surface area contributed by atoms with Crippen LogP contribution in [0.1, 0.15) is 36.3 Å². The Bertz CT molecular complexity index is 448. The molecule has 106 valence electrons. The number of alkyl halides is 3. The van der Waals surface area contributed by atoms with Crippen molar-refractivity contribution in [2.75, 3.05) is 13.7 Å². The topological polar surface area (TPSA) is 42.4 Å². The molecule has 1 aliphatic carbocycles. The van der Waals surface area contributed by atoms with Gasteiger partial charge < -0.3 is 9.84 Å². The second-order valence-corrected chi connectivity index (χ2v) is 4.80. The molecular weight excluding hydrogens is 259 g/mol. The summed E-state index contributed by atoms with van der Waals surface area (Å²) in [4.78, 5) is 3.75. The molecule has 0 saturated heterocycles. The standard InChI is InChI=1S/C13H16F3NO2/c1-19-12-11(13(14,15)16)5-9(6-17-12)10-4-2-3-8(10)7-18/h5-6,8,10,18H,2-4,7H2,1H3. The van der Waals surface area contributed by atoms with Gasteiger partial charge in [0.2, 0.25) is 5.88 Å². The molecule has 1 fully saturated rings. The van der Waals surface area contributed by atoms with Gasteiger partial charge in [0.1, 0.15) is 5.56 Å². The quantitative estimate of drug-likeness (QED) is 0.922. The van der Waals surface area contributed by atoms with Crippen LogP contribution in [0.15, 0.2) is 12.3 Å². The van der Waals surface area contributed by atoms with Crippen molar-refractivity contribution in [2.45, 2.75) is 31.4 Å². The van der Waals surface area contributed by atoms with Crippen LogP contribution in [0.5, 0.6) is 5.88 Å². The van der Waals surface area contributed by atoms with E-state index in [-0.39, 0.29) is 18.4 Å². The molecule has 1 saturated carbocycles. The number of halogens is 3. The van der Waals surface area contributed by atoms with Crippen LogP contribution in [0.4, 0.5) is 13.2 Å². The van der Waals surface area contributed by atoms with E-state index in [2.05, 4.69) is 9.72 Å². The molecule has 2 rings (SSSR count). The van der Waals surface area contributed by atoms with Crippen LogP contribution in [0.25, 0.3) is 0 Å². The van der Waals surface area contributed by atoms with Gasteiger partial charge in [-0.25, -0.2) is 4.98 Å². The highest BCUT2D eigenvalue weighted by atomic mass is 19.4. The summed E-state index contributed by atoms with van der Waals surface area (Å²) in [6, 6.07) is 1.10. The number of ether oxygens (including phenoxy) is 1. The zero-order chi connectivity index (χ0) is 14.0. The number of methoxy groups -OCH3 is 1. The molecule has 19 heavy (non-hydrogen) atoms. The number of hydrogen-bond donors (Lipinski definition) is 1. The van der Waals surface area contributed by atoms with Gasteiger partial charge in [-0.2, -0.15) is 13.2 Å². The molecular formula is C13H16F3NO2. The third-order valence-corrected chi connectivity index (χ3v) is 3.69. The summed E-state index contributed by atoms with van der Waals surface area (Å²) in [5.74, 6) is -0.435. The molecule has 0 radical (unpaired) electrons. The highest BCUT2D eigenvalue weighted by Gasteiger charge is 2.37. The molecule has 0 spiro atoms. The van der Waals surface area contributed by atoms with Crippen LogP contribution >= 0.6 is 0 Å². The summed E-state index contributed by atoms with van der Waals surface area (Å²) in [7, 11) is 1.17. The second kappa shape index (κ2) is 5.36. The van der Waals surface area contributed by atoms with Crippen LogP contribution < -0.4 is 4.74 Å². The van der Waals surface area contributed by atoms with Crippen LogP contribution in [-0.4, -0.2) is 23.8 Å². The van der Waals surface area contributed by atoms with Crippen LogP contribution in [0, 0.1) is 5.92 Å². The van der Waals surface area contributed by atoms with E-state index < -0.39 is 17.6 Å². The lowest BCUT2D eigenvalue weighted by Gasteiger charge is -2.19. The molecule has 3 nitrogen and oxygen atoms in total. The lowest BCUT2D eigenvalue weighted by molar-refractivity contribution is -0.139. The van der Waals surface area contributed by atoms with Crippen LogP contribution in [-0.2, 0) is 6.18 Å². The van der Waals surface area contributed by atoms with E-state index in [1.54, 1.807) is 0 Å². The molecule has 0 aliphatic heterocycles. The minimum Gasteiger partial charge on any atom is -0.481 e. The van der Waals surface area contributed by atoms with Gasteiger partial charge in [-0.15, -0.1) is 0 Å². The van der Waals surface area contributed by atoms with E-state index in [9.17, 15) is 18.3 Å². The van der Waals surface area contributed by atoms with E-state index in [0.29, 0.717) is 5.56 Å². The van der Waals surface area contributed by atoms with Crippen LogP contribution in [0.3, 0.4) is 0 Å². The number of pyridine rings is 1. The fourth-order valence-corrected chi connectivity index (χ4v) is 2.73. The van der Waals surface area contributed by atoms with Gasteiger partial charge in [-0.3, -0.25) is 0 Å². The summed E-state index contributed by atoms with van der Waals surface area (Å²) in [6.45, 7) is -0.00194. The van der Waals surface area contributed by atoms with Gasteiger partial charge in [0, 0.05) is 12.8 Å². The average molecular weight is 275 g/mol. The third kappa shape index (κ3) is 2.83. The van der Waals surface area contributed by atoms with E-state index in [1.165, 1.54) is 13.3 Å². The number of aliphatic hydroxyl groups excluding tert-OH is 1. The first-order valence-corrected chi connectivity index (χ1v) is 6.19. The summed E-state index contributed by atoms with van der Waals surface area (Å²) < 4.78 is 43.4. The van der Waals surface area contributed by atoms with Crippen LogP contribution in [0.2, 0.25) is 0 Å². The molecule has 1 aromatic rings. The van der Waals surface area contributed by atoms with Crippen molar-refractivity contribution in [2.24, 2.45) is 5.92 Å². The number of hydrogen-bond acceptors (Lipinski definition) is 3. The fourth-order valence-electron chi connectivity index (χ4n) is 2.73. The van der Waals surface area contributed by atoms with E-state index in [1.807, 2.05) is 0 Å². The summed E-state index contributed by atoms with van der Waals surface area (Å²) in [5.41, 5.74) is -0.319. The Morgan fingerprint density at radius 3 is 2.74 bits per heavy atom. The lowest BCUT2D eigenvalue weighted by Crippen LogP contribution is -2.14. The molecule has 1 aromatic heterocycles. The van der Waals surface area contributed by atoms with Crippen molar-refractivity contribution in [1.29, 1.82) is 0 Å². The predicted octanol–water partition coefficient (Wildman–Crippen LogP) is 2.99. The maximum atomic E-state index is 12.9. The molecule has 0 aromatic carbocycles. The van der Waals surface area contributed by atoms with Gasteiger partial charge >= 0.3 is 6.18 Å². The normalized spacial score (nSPS) is 23.6. The zero-order valence-corrected chi connectivity index (χ0v) is 10.6. The fraction of sp³-hybridized carbons (Fsp3) is 0.615. The van der Waals surface area contributed by atoms with Crippen molar-refractivity contribution >= 4 is 0 Å². The zero-order valence-electron chi connectivity index (χ0n) is 10.6. The Morgan fingerprint density at radius 1 is 1.42 bits per heavy atom. The highest BCUT2D eigenvalue weighted by Crippen LogP contribution is 2.42. The minimum absolute atomic E-state index is 0.00194. The number of rotatable bonds is 3. The molecule has 2 atom stereocenters. The van der Waals surface area contributed by atoms with Gasteiger partial charge in [-0.1, -0.05) is 6.42 Å². The summed E-state index contributed by atoms with van der Waals surface area (Å²) >= 11 is 0. The molecule has 1 N–H and O–H groups in total. The summed E-state index contributed by atoms with van der Waals surface area (Å²) in [6.07, 6.45) is -0.511. The lowest BCUT2D eigenvalue weighted by atomic mass is 9.90. The Morgan fingerprint density at radius 2 is 2.16 bits per heavy atom. The highest BCUT2D eigenvalue weighted by molar-refractivity contribution is 5.34. The second-order valence-electron chi connectivity index (χ2n) is 4.80. The van der Waals surface area contributed by atoms with Gasteiger partial charge in [0.25, 0.3) is 0 Å². The van der Waals surface area contributed by atoms with Crippen molar-refractivity contribution in [3.05, 3.63) is 23.4 Å². The first-order chi connectivity index (χ1) is 8.97. The van der Waals surface area contributed by atoms with Gasteiger partial charge in [0.05, 0.1) is 7.11 Å². The Labute approximate surface area is 109 Å². The maximum Gasteiger partial charge on any atom is 0.421 e. The van der Waals surface area contributed by atoms with E-state index >= 15 is 0 Å². The Hall–Kier alpha value is -1.30. The number of aliphatic hydroxyl groups is 1. The van der Waals surface area contributed by atoms with Gasteiger partial charge in [0.15, 0.2) is 0 Å². The monoisotopic (exact) mass is 275 g/mol. The van der Waals surface area contributed by atoms with Crippen molar-refractivity contribution in [3.63, 3.8) is 0 Å². The molecule has 0 amide bonds. The predicted molar refractivity (Wildman–Crippen MR) is 63.0 cm³/mol. The third-order valence-electron chi connectivity index (χ3n) is 3.69. The molecule has 1 aliphatic rings. The van der Waals surface area contributed by atoms with Crippen molar-refractivity contribution in [1.82, 2.24) is 4.98 Å². The minimum atomic E-state index is -4.48. The first-order valence-electron chi connectivity index (χ1n) is 6.19. The van der Waals surface area contributed by atoms with Gasteiger partial charge in [-0.05, 0) is 36.3 Å². The van der Waals surface area contributed by atoms with Crippen molar-refractivity contribution < 1.29 is 23.0 Å². The molecule has 0 bridgehead atoms. The first kappa shape index (κ1) is 14.1. The Kier molecular flexibility index (Phi) is 3.99. The Balaban J connectivity index is 2.38. The number of aromatic nitrogens is 1. The summed E-state index contributed by atoms with van der Waals surface area (Å²) in [5, 5.41) is 9.26. The maximum absolute atomic E-state index is 12.9. The largest absolute Gasteiger partial charge is 0.481 e. The van der Waals surface area contributed by atoms with E-state index in [4.69, 9.17) is 0 Å². The SMILES string of the molecule is COc1ncc(C2CCCC2CO)cc1C(F)(F)F.